The summed E-state index contributed by atoms with van der Waals surface area (Å²) in [4.78, 5) is 17.2. The van der Waals surface area contributed by atoms with Crippen LogP contribution in [0, 0.1) is 5.82 Å². The zero-order chi connectivity index (χ0) is 26.4. The van der Waals surface area contributed by atoms with Crippen molar-refractivity contribution < 1.29 is 23.4 Å². The summed E-state index contributed by atoms with van der Waals surface area (Å²) in [7, 11) is 4.73. The molecule has 1 fully saturated rings. The van der Waals surface area contributed by atoms with Gasteiger partial charge in [0.25, 0.3) is 0 Å². The maximum Gasteiger partial charge on any atom is 0.222 e. The van der Waals surface area contributed by atoms with Crippen LogP contribution in [0.4, 0.5) is 4.39 Å². The van der Waals surface area contributed by atoms with E-state index in [0.29, 0.717) is 43.2 Å². The fourth-order valence-corrected chi connectivity index (χ4v) is 4.87. The zero-order valence-corrected chi connectivity index (χ0v) is 22.2. The Morgan fingerprint density at radius 3 is 2.22 bits per heavy atom. The lowest BCUT2D eigenvalue weighted by Gasteiger charge is -2.35. The molecule has 3 aromatic rings. The van der Waals surface area contributed by atoms with E-state index >= 15 is 0 Å². The van der Waals surface area contributed by atoms with Gasteiger partial charge in [-0.1, -0.05) is 41.9 Å². The number of aryl methyl sites for hydroxylation is 1. The summed E-state index contributed by atoms with van der Waals surface area (Å²) >= 11 is 6.02. The number of ether oxygens (including phenoxy) is 3. The minimum Gasteiger partial charge on any atom is -0.493 e. The highest BCUT2D eigenvalue weighted by atomic mass is 35.5. The Labute approximate surface area is 222 Å². The molecule has 1 heterocycles. The highest BCUT2D eigenvalue weighted by Gasteiger charge is 2.22. The second-order valence-corrected chi connectivity index (χ2v) is 9.38. The van der Waals surface area contributed by atoms with E-state index in [0.717, 1.165) is 41.9 Å². The van der Waals surface area contributed by atoms with Crippen LogP contribution in [0.15, 0.2) is 54.6 Å². The van der Waals surface area contributed by atoms with Crippen LogP contribution >= 0.6 is 11.6 Å². The van der Waals surface area contributed by atoms with Gasteiger partial charge in [-0.15, -0.1) is 0 Å². The third kappa shape index (κ3) is 6.35. The van der Waals surface area contributed by atoms with Crippen molar-refractivity contribution in [3.05, 3.63) is 76.6 Å². The van der Waals surface area contributed by atoms with E-state index in [-0.39, 0.29) is 10.9 Å². The molecule has 3 aromatic carbocycles. The number of nitrogens with zero attached hydrogens (tertiary/aromatic N) is 2. The smallest absolute Gasteiger partial charge is 0.222 e. The number of methoxy groups -OCH3 is 3. The number of carbonyl (C=O) groups is 1. The summed E-state index contributed by atoms with van der Waals surface area (Å²) in [6.45, 7) is 3.68. The van der Waals surface area contributed by atoms with Gasteiger partial charge in [0.05, 0.1) is 26.4 Å². The zero-order valence-electron chi connectivity index (χ0n) is 21.4. The average Bonchev–Trinajstić information content (AvgIpc) is 2.93. The Morgan fingerprint density at radius 2 is 1.59 bits per heavy atom. The lowest BCUT2D eigenvalue weighted by molar-refractivity contribution is -0.133. The molecule has 1 saturated heterocycles. The van der Waals surface area contributed by atoms with Gasteiger partial charge in [-0.05, 0) is 52.9 Å². The maximum absolute atomic E-state index is 13.7. The number of carbonyl (C=O) groups excluding carboxylic acids is 1. The molecule has 0 N–H and O–H groups in total. The highest BCUT2D eigenvalue weighted by molar-refractivity contribution is 6.31. The SMILES string of the molecule is COc1cc(CCC(=O)N2CCN(Cc3ccccc3-c3ccc(F)c(Cl)c3)CC2)cc(OC)c1OC. The normalized spacial score (nSPS) is 13.9. The van der Waals surface area contributed by atoms with Crippen LogP contribution in [0.1, 0.15) is 17.5 Å². The Morgan fingerprint density at radius 1 is 0.919 bits per heavy atom. The lowest BCUT2D eigenvalue weighted by atomic mass is 9.99. The van der Waals surface area contributed by atoms with Gasteiger partial charge in [-0.25, -0.2) is 4.39 Å². The van der Waals surface area contributed by atoms with E-state index < -0.39 is 5.82 Å². The molecule has 1 amide bonds. The van der Waals surface area contributed by atoms with Crippen LogP contribution in [-0.4, -0.2) is 63.2 Å². The molecule has 6 nitrogen and oxygen atoms in total. The number of benzene rings is 3. The van der Waals surface area contributed by atoms with Crippen molar-refractivity contribution >= 4 is 17.5 Å². The quantitative estimate of drug-likeness (QED) is 0.371. The fourth-order valence-electron chi connectivity index (χ4n) is 4.69. The molecular formula is C29H32ClFN2O4. The molecule has 0 radical (unpaired) electrons. The van der Waals surface area contributed by atoms with Gasteiger partial charge >= 0.3 is 0 Å². The molecule has 8 heteroatoms. The average molecular weight is 527 g/mol. The van der Waals surface area contributed by atoms with Crippen molar-refractivity contribution in [1.82, 2.24) is 9.80 Å². The van der Waals surface area contributed by atoms with Crippen LogP contribution in [0.3, 0.4) is 0 Å². The molecule has 37 heavy (non-hydrogen) atoms. The summed E-state index contributed by atoms with van der Waals surface area (Å²) in [5, 5.41) is 0.117. The number of piperazine rings is 1. The van der Waals surface area contributed by atoms with Crippen molar-refractivity contribution in [2.45, 2.75) is 19.4 Å². The number of hydrogen-bond donors (Lipinski definition) is 0. The largest absolute Gasteiger partial charge is 0.493 e. The molecule has 0 aromatic heterocycles. The fraction of sp³-hybridized carbons (Fsp3) is 0.345. The Bertz CT molecular complexity index is 1220. The van der Waals surface area contributed by atoms with Crippen molar-refractivity contribution in [3.63, 3.8) is 0 Å². The molecule has 0 saturated carbocycles. The van der Waals surface area contributed by atoms with Gasteiger partial charge in [0.1, 0.15) is 5.82 Å². The summed E-state index contributed by atoms with van der Waals surface area (Å²) < 4.78 is 29.9. The standard InChI is InChI=1S/C29H32ClFN2O4/c1-35-26-16-20(17-27(36-2)29(26)37-3)8-11-28(34)33-14-12-32(13-15-33)19-22-6-4-5-7-23(22)21-9-10-25(31)24(30)18-21/h4-7,9-10,16-18H,8,11-15,19H2,1-3H3. The van der Waals surface area contributed by atoms with Crippen LogP contribution in [-0.2, 0) is 17.8 Å². The minimum atomic E-state index is -0.422. The number of rotatable bonds is 9. The van der Waals surface area contributed by atoms with Gasteiger partial charge in [0.2, 0.25) is 11.7 Å². The van der Waals surface area contributed by atoms with Crippen LogP contribution in [0.5, 0.6) is 17.2 Å². The van der Waals surface area contributed by atoms with Gasteiger partial charge in [0, 0.05) is 39.1 Å². The third-order valence-electron chi connectivity index (χ3n) is 6.72. The van der Waals surface area contributed by atoms with Crippen molar-refractivity contribution in [2.24, 2.45) is 0 Å². The number of amides is 1. The van der Waals surface area contributed by atoms with E-state index in [1.54, 1.807) is 33.5 Å². The molecule has 1 aliphatic heterocycles. The third-order valence-corrected chi connectivity index (χ3v) is 7.01. The molecule has 1 aliphatic rings. The van der Waals surface area contributed by atoms with E-state index in [1.165, 1.54) is 6.07 Å². The molecule has 0 spiro atoms. The summed E-state index contributed by atoms with van der Waals surface area (Å²) in [5.74, 6) is 1.42. The van der Waals surface area contributed by atoms with E-state index in [1.807, 2.05) is 35.2 Å². The summed E-state index contributed by atoms with van der Waals surface area (Å²) in [6, 6.07) is 16.7. The van der Waals surface area contributed by atoms with Crippen LogP contribution in [0.2, 0.25) is 5.02 Å². The first-order chi connectivity index (χ1) is 17.9. The van der Waals surface area contributed by atoms with Gasteiger partial charge in [0.15, 0.2) is 11.5 Å². The predicted molar refractivity (Wildman–Crippen MR) is 143 cm³/mol. The number of halogens is 2. The summed E-state index contributed by atoms with van der Waals surface area (Å²) in [5.41, 5.74) is 4.03. The first kappa shape index (κ1) is 26.8. The van der Waals surface area contributed by atoms with Crippen molar-refractivity contribution in [3.8, 4) is 28.4 Å². The molecule has 0 aliphatic carbocycles. The van der Waals surface area contributed by atoms with Gasteiger partial charge in [-0.3, -0.25) is 9.69 Å². The van der Waals surface area contributed by atoms with Crippen molar-refractivity contribution in [2.75, 3.05) is 47.5 Å². The predicted octanol–water partition coefficient (Wildman–Crippen LogP) is 5.45. The molecule has 0 unspecified atom stereocenters. The second-order valence-electron chi connectivity index (χ2n) is 8.98. The molecule has 0 bridgehead atoms. The molecule has 0 atom stereocenters. The van der Waals surface area contributed by atoms with E-state index in [4.69, 9.17) is 25.8 Å². The van der Waals surface area contributed by atoms with Gasteiger partial charge < -0.3 is 19.1 Å². The molecule has 4 rings (SSSR count). The molecule has 196 valence electrons. The van der Waals surface area contributed by atoms with E-state index in [2.05, 4.69) is 11.0 Å². The second kappa shape index (κ2) is 12.3. The maximum atomic E-state index is 13.7. The monoisotopic (exact) mass is 526 g/mol. The Balaban J connectivity index is 1.34. The van der Waals surface area contributed by atoms with E-state index in [9.17, 15) is 9.18 Å². The Hall–Kier alpha value is -3.29. The lowest BCUT2D eigenvalue weighted by Crippen LogP contribution is -2.48. The van der Waals surface area contributed by atoms with Crippen molar-refractivity contribution in [1.29, 1.82) is 0 Å². The summed E-state index contributed by atoms with van der Waals surface area (Å²) in [6.07, 6.45) is 0.996. The molecular weight excluding hydrogens is 495 g/mol. The van der Waals surface area contributed by atoms with Gasteiger partial charge in [-0.2, -0.15) is 0 Å². The topological polar surface area (TPSA) is 51.2 Å². The minimum absolute atomic E-state index is 0.117. The first-order valence-electron chi connectivity index (χ1n) is 12.3. The first-order valence-corrected chi connectivity index (χ1v) is 12.6. The Kier molecular flexibility index (Phi) is 8.90. The number of hydrogen-bond acceptors (Lipinski definition) is 5. The highest BCUT2D eigenvalue weighted by Crippen LogP contribution is 2.38. The van der Waals surface area contributed by atoms with Crippen LogP contribution < -0.4 is 14.2 Å². The van der Waals surface area contributed by atoms with Crippen LogP contribution in [0.25, 0.3) is 11.1 Å².